The van der Waals surface area contributed by atoms with Crippen LogP contribution < -0.4 is 0 Å². The van der Waals surface area contributed by atoms with Crippen LogP contribution in [0.4, 0.5) is 0 Å². The van der Waals surface area contributed by atoms with Gasteiger partial charge in [-0.1, -0.05) is 0 Å². The van der Waals surface area contributed by atoms with Gasteiger partial charge in [-0.05, 0) is 18.6 Å². The summed E-state index contributed by atoms with van der Waals surface area (Å²) in [5, 5.41) is 17.7. The van der Waals surface area contributed by atoms with Gasteiger partial charge in [0.25, 0.3) is 0 Å². The van der Waals surface area contributed by atoms with E-state index in [9.17, 15) is 0 Å². The van der Waals surface area contributed by atoms with E-state index in [0.717, 1.165) is 19.5 Å². The van der Waals surface area contributed by atoms with Crippen LogP contribution in [0.15, 0.2) is 18.3 Å². The first kappa shape index (κ1) is 12.2. The highest BCUT2D eigenvalue weighted by Gasteiger charge is 2.06. The van der Waals surface area contributed by atoms with E-state index in [-0.39, 0.29) is 13.2 Å². The average molecular weight is 212 g/mol. The van der Waals surface area contributed by atoms with Gasteiger partial charge in [0.15, 0.2) is 0 Å². The Bertz CT molecular complexity index is 273. The van der Waals surface area contributed by atoms with Crippen LogP contribution in [0.2, 0.25) is 0 Å². The summed E-state index contributed by atoms with van der Waals surface area (Å²) in [6.45, 7) is 2.67. The molecule has 0 spiro atoms. The summed E-state index contributed by atoms with van der Waals surface area (Å²) in [7, 11) is 2.01. The minimum atomic E-state index is 0.163. The first-order valence-electron chi connectivity index (χ1n) is 5.32. The molecule has 4 heteroatoms. The van der Waals surface area contributed by atoms with Crippen molar-refractivity contribution in [2.75, 3.05) is 26.3 Å². The molecule has 0 aromatic carbocycles. The second kappa shape index (κ2) is 6.61. The third-order valence-electron chi connectivity index (χ3n) is 2.49. The van der Waals surface area contributed by atoms with Gasteiger partial charge in [-0.25, -0.2) is 0 Å². The van der Waals surface area contributed by atoms with Gasteiger partial charge in [-0.3, -0.25) is 4.90 Å². The van der Waals surface area contributed by atoms with E-state index in [1.54, 1.807) is 0 Å². The Morgan fingerprint density at radius 1 is 1.27 bits per heavy atom. The lowest BCUT2D eigenvalue weighted by molar-refractivity contribution is 0.172. The average Bonchev–Trinajstić information content (AvgIpc) is 2.61. The van der Waals surface area contributed by atoms with Crippen molar-refractivity contribution in [1.82, 2.24) is 9.47 Å². The molecule has 0 saturated heterocycles. The highest BCUT2D eigenvalue weighted by Crippen LogP contribution is 2.05. The summed E-state index contributed by atoms with van der Waals surface area (Å²) in [5.41, 5.74) is 1.22. The molecule has 1 aromatic rings. The first-order chi connectivity index (χ1) is 7.27. The van der Waals surface area contributed by atoms with Crippen molar-refractivity contribution in [2.45, 2.75) is 13.0 Å². The summed E-state index contributed by atoms with van der Waals surface area (Å²) in [5.74, 6) is 0. The molecule has 1 heterocycles. The molecule has 4 nitrogen and oxygen atoms in total. The molecule has 0 aliphatic carbocycles. The van der Waals surface area contributed by atoms with Gasteiger partial charge in [-0.2, -0.15) is 0 Å². The Morgan fingerprint density at radius 3 is 2.60 bits per heavy atom. The summed E-state index contributed by atoms with van der Waals surface area (Å²) in [6.07, 6.45) is 2.77. The fourth-order valence-corrected chi connectivity index (χ4v) is 1.60. The molecule has 0 aliphatic rings. The van der Waals surface area contributed by atoms with Gasteiger partial charge in [-0.15, -0.1) is 0 Å². The van der Waals surface area contributed by atoms with Crippen molar-refractivity contribution in [3.63, 3.8) is 0 Å². The maximum atomic E-state index is 8.92. The Hall–Kier alpha value is -0.840. The van der Waals surface area contributed by atoms with Crippen molar-refractivity contribution in [1.29, 1.82) is 0 Å². The van der Waals surface area contributed by atoms with Crippen molar-refractivity contribution < 1.29 is 10.2 Å². The van der Waals surface area contributed by atoms with E-state index >= 15 is 0 Å². The second-order valence-electron chi connectivity index (χ2n) is 3.69. The molecule has 0 saturated carbocycles. The lowest BCUT2D eigenvalue weighted by Crippen LogP contribution is -2.28. The molecule has 2 N–H and O–H groups in total. The van der Waals surface area contributed by atoms with Gasteiger partial charge in [0.2, 0.25) is 0 Å². The maximum Gasteiger partial charge on any atom is 0.0558 e. The van der Waals surface area contributed by atoms with Gasteiger partial charge in [0.1, 0.15) is 0 Å². The molecule has 0 bridgehead atoms. The minimum absolute atomic E-state index is 0.163. The molecule has 0 aliphatic heterocycles. The van der Waals surface area contributed by atoms with E-state index in [4.69, 9.17) is 10.2 Å². The topological polar surface area (TPSA) is 48.6 Å². The highest BCUT2D eigenvalue weighted by atomic mass is 16.3. The van der Waals surface area contributed by atoms with Crippen molar-refractivity contribution in [2.24, 2.45) is 7.05 Å². The monoisotopic (exact) mass is 212 g/mol. The fourth-order valence-electron chi connectivity index (χ4n) is 1.60. The van der Waals surface area contributed by atoms with Crippen molar-refractivity contribution in [3.05, 3.63) is 24.0 Å². The van der Waals surface area contributed by atoms with Gasteiger partial charge >= 0.3 is 0 Å². The van der Waals surface area contributed by atoms with Crippen molar-refractivity contribution >= 4 is 0 Å². The van der Waals surface area contributed by atoms with Crippen LogP contribution in [0.1, 0.15) is 12.1 Å². The first-order valence-corrected chi connectivity index (χ1v) is 5.32. The van der Waals surface area contributed by atoms with E-state index in [2.05, 4.69) is 15.5 Å². The second-order valence-corrected chi connectivity index (χ2v) is 3.69. The quantitative estimate of drug-likeness (QED) is 0.679. The van der Waals surface area contributed by atoms with Crippen LogP contribution in [0, 0.1) is 0 Å². The number of rotatable bonds is 7. The van der Waals surface area contributed by atoms with Crippen LogP contribution in [-0.4, -0.2) is 46.0 Å². The Labute approximate surface area is 90.8 Å². The summed E-state index contributed by atoms with van der Waals surface area (Å²) < 4.78 is 2.07. The van der Waals surface area contributed by atoms with E-state index < -0.39 is 0 Å². The molecule has 86 valence electrons. The SMILES string of the molecule is Cn1cccc1CN(CCO)CCCO. The molecule has 0 unspecified atom stereocenters. The van der Waals surface area contributed by atoms with Crippen LogP contribution >= 0.6 is 0 Å². The normalized spacial score (nSPS) is 11.2. The summed E-state index contributed by atoms with van der Waals surface area (Å²) >= 11 is 0. The zero-order valence-corrected chi connectivity index (χ0v) is 9.26. The van der Waals surface area contributed by atoms with E-state index in [1.807, 2.05) is 19.3 Å². The van der Waals surface area contributed by atoms with Crippen LogP contribution in [-0.2, 0) is 13.6 Å². The van der Waals surface area contributed by atoms with E-state index in [1.165, 1.54) is 5.69 Å². The smallest absolute Gasteiger partial charge is 0.0558 e. The predicted octanol–water partition coefficient (Wildman–Crippen LogP) is 0.202. The van der Waals surface area contributed by atoms with Crippen LogP contribution in [0.25, 0.3) is 0 Å². The number of hydrogen-bond acceptors (Lipinski definition) is 3. The van der Waals surface area contributed by atoms with Gasteiger partial charge in [0, 0.05) is 45.2 Å². The molecular weight excluding hydrogens is 192 g/mol. The Balaban J connectivity index is 2.46. The molecule has 0 fully saturated rings. The van der Waals surface area contributed by atoms with Crippen LogP contribution in [0.3, 0.4) is 0 Å². The van der Waals surface area contributed by atoms with E-state index in [0.29, 0.717) is 6.54 Å². The molecule has 15 heavy (non-hydrogen) atoms. The van der Waals surface area contributed by atoms with Crippen LogP contribution in [0.5, 0.6) is 0 Å². The predicted molar refractivity (Wildman–Crippen MR) is 59.5 cm³/mol. The number of aliphatic hydroxyl groups excluding tert-OH is 2. The van der Waals surface area contributed by atoms with Gasteiger partial charge < -0.3 is 14.8 Å². The lowest BCUT2D eigenvalue weighted by atomic mass is 10.3. The molecule has 0 atom stereocenters. The highest BCUT2D eigenvalue weighted by molar-refractivity contribution is 5.06. The molecule has 1 rings (SSSR count). The maximum absolute atomic E-state index is 8.92. The van der Waals surface area contributed by atoms with Crippen molar-refractivity contribution in [3.8, 4) is 0 Å². The minimum Gasteiger partial charge on any atom is -0.396 e. The lowest BCUT2D eigenvalue weighted by Gasteiger charge is -2.21. The number of hydrogen-bond donors (Lipinski definition) is 2. The zero-order chi connectivity index (χ0) is 11.1. The zero-order valence-electron chi connectivity index (χ0n) is 9.26. The third kappa shape index (κ3) is 4.03. The number of nitrogens with zero attached hydrogens (tertiary/aromatic N) is 2. The standard InChI is InChI=1S/C11H20N2O2/c1-12-5-2-4-11(12)10-13(7-9-15)6-3-8-14/h2,4-5,14-15H,3,6-10H2,1H3. The largest absolute Gasteiger partial charge is 0.396 e. The van der Waals surface area contributed by atoms with Gasteiger partial charge in [0.05, 0.1) is 6.61 Å². The molecule has 1 aromatic heterocycles. The third-order valence-corrected chi connectivity index (χ3v) is 2.49. The molecular formula is C11H20N2O2. The fraction of sp³-hybridized carbons (Fsp3) is 0.636. The summed E-state index contributed by atoms with van der Waals surface area (Å²) in [4.78, 5) is 2.14. The number of aliphatic hydroxyl groups is 2. The number of aryl methyl sites for hydroxylation is 1. The number of aromatic nitrogens is 1. The Morgan fingerprint density at radius 2 is 2.07 bits per heavy atom. The Kier molecular flexibility index (Phi) is 5.39. The molecule has 0 amide bonds. The summed E-state index contributed by atoms with van der Waals surface area (Å²) in [6, 6.07) is 4.09. The molecule has 0 radical (unpaired) electrons.